The van der Waals surface area contributed by atoms with Gasteiger partial charge in [0.15, 0.2) is 0 Å². The Labute approximate surface area is 106 Å². The summed E-state index contributed by atoms with van der Waals surface area (Å²) in [6.07, 6.45) is 2.24. The van der Waals surface area contributed by atoms with Gasteiger partial charge in [-0.25, -0.2) is 0 Å². The predicted octanol–water partition coefficient (Wildman–Crippen LogP) is 3.28. The molecule has 1 aliphatic rings. The first-order valence-electron chi connectivity index (χ1n) is 5.85. The molecule has 0 aliphatic carbocycles. The van der Waals surface area contributed by atoms with E-state index in [9.17, 15) is 0 Å². The van der Waals surface area contributed by atoms with Crippen LogP contribution in [0.4, 0.5) is 0 Å². The molecule has 1 aromatic rings. The molecule has 0 bridgehead atoms. The van der Waals surface area contributed by atoms with Gasteiger partial charge in [-0.15, -0.1) is 0 Å². The number of nitrogens with one attached hydrogen (secondary N) is 1. The van der Waals surface area contributed by atoms with Crippen molar-refractivity contribution in [3.8, 4) is 0 Å². The largest absolute Gasteiger partial charge is 0.381 e. The Morgan fingerprint density at radius 3 is 2.69 bits per heavy atom. The van der Waals surface area contributed by atoms with Crippen molar-refractivity contribution < 1.29 is 4.74 Å². The molecule has 1 fully saturated rings. The van der Waals surface area contributed by atoms with Gasteiger partial charge < -0.3 is 10.1 Å². The van der Waals surface area contributed by atoms with E-state index in [1.807, 2.05) is 0 Å². The summed E-state index contributed by atoms with van der Waals surface area (Å²) in [6.45, 7) is 4.00. The monoisotopic (exact) mass is 283 g/mol. The summed E-state index contributed by atoms with van der Waals surface area (Å²) < 4.78 is 6.54. The lowest BCUT2D eigenvalue weighted by molar-refractivity contribution is 0.0754. The second kappa shape index (κ2) is 5.80. The molecule has 1 aromatic carbocycles. The molecule has 1 atom stereocenters. The van der Waals surface area contributed by atoms with Crippen LogP contribution in [0.25, 0.3) is 0 Å². The van der Waals surface area contributed by atoms with E-state index in [1.54, 1.807) is 0 Å². The van der Waals surface area contributed by atoms with Crippen molar-refractivity contribution in [2.75, 3.05) is 13.2 Å². The van der Waals surface area contributed by atoms with Crippen LogP contribution in [0.15, 0.2) is 28.7 Å². The van der Waals surface area contributed by atoms with Gasteiger partial charge in [-0.2, -0.15) is 0 Å². The van der Waals surface area contributed by atoms with Gasteiger partial charge in [0.05, 0.1) is 0 Å². The Balaban J connectivity index is 1.96. The number of halogens is 1. The first-order valence-corrected chi connectivity index (χ1v) is 6.65. The SMILES string of the molecule is C[C@@H](NC1CCOCC1)c1ccccc1Br. The van der Waals surface area contributed by atoms with Crippen LogP contribution in [0, 0.1) is 0 Å². The van der Waals surface area contributed by atoms with Gasteiger partial charge in [0.2, 0.25) is 0 Å². The van der Waals surface area contributed by atoms with Crippen LogP contribution < -0.4 is 5.32 Å². The third kappa shape index (κ3) is 3.06. The normalized spacial score (nSPS) is 19.6. The number of rotatable bonds is 3. The molecule has 2 nitrogen and oxygen atoms in total. The van der Waals surface area contributed by atoms with E-state index in [2.05, 4.69) is 52.4 Å². The number of hydrogen-bond donors (Lipinski definition) is 1. The summed E-state index contributed by atoms with van der Waals surface area (Å²) >= 11 is 3.60. The fourth-order valence-corrected chi connectivity index (χ4v) is 2.76. The minimum Gasteiger partial charge on any atom is -0.381 e. The fraction of sp³-hybridized carbons (Fsp3) is 0.538. The van der Waals surface area contributed by atoms with Crippen molar-refractivity contribution in [2.24, 2.45) is 0 Å². The van der Waals surface area contributed by atoms with E-state index in [1.165, 1.54) is 10.0 Å². The van der Waals surface area contributed by atoms with Crippen LogP contribution in [-0.2, 0) is 4.74 Å². The second-order valence-corrected chi connectivity index (χ2v) is 5.15. The van der Waals surface area contributed by atoms with E-state index >= 15 is 0 Å². The molecule has 16 heavy (non-hydrogen) atoms. The fourth-order valence-electron chi connectivity index (χ4n) is 2.13. The predicted molar refractivity (Wildman–Crippen MR) is 69.5 cm³/mol. The van der Waals surface area contributed by atoms with Crippen molar-refractivity contribution in [2.45, 2.75) is 31.8 Å². The highest BCUT2D eigenvalue weighted by molar-refractivity contribution is 9.10. The number of benzene rings is 1. The van der Waals surface area contributed by atoms with Gasteiger partial charge in [-0.3, -0.25) is 0 Å². The standard InChI is InChI=1S/C13H18BrNO/c1-10(12-4-2-3-5-13(12)14)15-11-6-8-16-9-7-11/h2-5,10-11,15H,6-9H2,1H3/t10-/m1/s1. The zero-order chi connectivity index (χ0) is 11.4. The van der Waals surface area contributed by atoms with Crippen LogP contribution in [-0.4, -0.2) is 19.3 Å². The molecule has 88 valence electrons. The van der Waals surface area contributed by atoms with Crippen LogP contribution in [0.5, 0.6) is 0 Å². The Kier molecular flexibility index (Phi) is 4.38. The minimum atomic E-state index is 0.388. The van der Waals surface area contributed by atoms with Crippen molar-refractivity contribution in [1.82, 2.24) is 5.32 Å². The maximum absolute atomic E-state index is 5.36. The lowest BCUT2D eigenvalue weighted by Crippen LogP contribution is -2.36. The first kappa shape index (κ1) is 12.1. The summed E-state index contributed by atoms with van der Waals surface area (Å²) in [7, 11) is 0. The summed E-state index contributed by atoms with van der Waals surface area (Å²) in [5.41, 5.74) is 1.33. The molecule has 0 saturated carbocycles. The maximum Gasteiger partial charge on any atom is 0.0480 e. The quantitative estimate of drug-likeness (QED) is 0.919. The molecule has 1 N–H and O–H groups in total. The van der Waals surface area contributed by atoms with E-state index in [4.69, 9.17) is 4.74 Å². The lowest BCUT2D eigenvalue weighted by atomic mass is 10.0. The highest BCUT2D eigenvalue weighted by Crippen LogP contribution is 2.24. The van der Waals surface area contributed by atoms with Crippen LogP contribution in [0.2, 0.25) is 0 Å². The second-order valence-electron chi connectivity index (χ2n) is 4.30. The molecule has 2 rings (SSSR count). The third-order valence-electron chi connectivity index (χ3n) is 3.08. The summed E-state index contributed by atoms with van der Waals surface area (Å²) in [6, 6.07) is 9.38. The van der Waals surface area contributed by atoms with Crippen molar-refractivity contribution >= 4 is 15.9 Å². The zero-order valence-electron chi connectivity index (χ0n) is 9.58. The smallest absolute Gasteiger partial charge is 0.0480 e. The van der Waals surface area contributed by atoms with Crippen molar-refractivity contribution in [3.63, 3.8) is 0 Å². The van der Waals surface area contributed by atoms with Crippen LogP contribution in [0.3, 0.4) is 0 Å². The molecule has 0 spiro atoms. The van der Waals surface area contributed by atoms with Gasteiger partial charge in [0.25, 0.3) is 0 Å². The number of hydrogen-bond acceptors (Lipinski definition) is 2. The summed E-state index contributed by atoms with van der Waals surface area (Å²) in [5.74, 6) is 0. The van der Waals surface area contributed by atoms with Crippen molar-refractivity contribution in [3.05, 3.63) is 34.3 Å². The maximum atomic E-state index is 5.36. The molecule has 1 saturated heterocycles. The summed E-state index contributed by atoms with van der Waals surface area (Å²) in [5, 5.41) is 3.67. The molecule has 3 heteroatoms. The average molecular weight is 284 g/mol. The zero-order valence-corrected chi connectivity index (χ0v) is 11.2. The van der Waals surface area contributed by atoms with Crippen molar-refractivity contribution in [1.29, 1.82) is 0 Å². The molecular formula is C13H18BrNO. The van der Waals surface area contributed by atoms with Gasteiger partial charge in [-0.05, 0) is 31.4 Å². The Morgan fingerprint density at radius 1 is 1.31 bits per heavy atom. The van der Waals surface area contributed by atoms with Gasteiger partial charge >= 0.3 is 0 Å². The molecular weight excluding hydrogens is 266 g/mol. The summed E-state index contributed by atoms with van der Waals surface area (Å²) in [4.78, 5) is 0. The Bertz CT molecular complexity index is 336. The molecule has 1 heterocycles. The number of ether oxygens (including phenoxy) is 1. The van der Waals surface area contributed by atoms with E-state index < -0.39 is 0 Å². The molecule has 0 unspecified atom stereocenters. The molecule has 0 amide bonds. The Hall–Kier alpha value is -0.380. The minimum absolute atomic E-state index is 0.388. The molecule has 0 aromatic heterocycles. The lowest BCUT2D eigenvalue weighted by Gasteiger charge is -2.27. The average Bonchev–Trinajstić information content (AvgIpc) is 2.31. The molecule has 0 radical (unpaired) electrons. The van der Waals surface area contributed by atoms with Gasteiger partial charge in [-0.1, -0.05) is 34.1 Å². The Morgan fingerprint density at radius 2 is 2.00 bits per heavy atom. The van der Waals surface area contributed by atoms with E-state index in [0.29, 0.717) is 12.1 Å². The van der Waals surface area contributed by atoms with Gasteiger partial charge in [0.1, 0.15) is 0 Å². The van der Waals surface area contributed by atoms with E-state index in [0.717, 1.165) is 26.1 Å². The highest BCUT2D eigenvalue weighted by Gasteiger charge is 2.17. The van der Waals surface area contributed by atoms with E-state index in [-0.39, 0.29) is 0 Å². The highest BCUT2D eigenvalue weighted by atomic mass is 79.9. The molecule has 1 aliphatic heterocycles. The van der Waals surface area contributed by atoms with Crippen LogP contribution in [0.1, 0.15) is 31.4 Å². The first-order chi connectivity index (χ1) is 7.77. The van der Waals surface area contributed by atoms with Gasteiger partial charge in [0, 0.05) is 29.8 Å². The third-order valence-corrected chi connectivity index (χ3v) is 3.80. The topological polar surface area (TPSA) is 21.3 Å². The van der Waals surface area contributed by atoms with Crippen LogP contribution >= 0.6 is 15.9 Å².